The van der Waals surface area contributed by atoms with Crippen molar-refractivity contribution in [3.05, 3.63) is 75.5 Å². The smallest absolute Gasteiger partial charge is 0.256 e. The highest BCUT2D eigenvalue weighted by atomic mass is 79.9. The molecule has 5 rings (SSSR count). The van der Waals surface area contributed by atoms with Gasteiger partial charge in [-0.2, -0.15) is 0 Å². The molecule has 35 heavy (non-hydrogen) atoms. The highest BCUT2D eigenvalue weighted by Crippen LogP contribution is 2.40. The molecule has 0 bridgehead atoms. The lowest BCUT2D eigenvalue weighted by Gasteiger charge is -2.14. The first-order valence-electron chi connectivity index (χ1n) is 12.1. The van der Waals surface area contributed by atoms with Crippen molar-refractivity contribution in [3.63, 3.8) is 0 Å². The van der Waals surface area contributed by atoms with Crippen LogP contribution in [0.3, 0.4) is 0 Å². The maximum Gasteiger partial charge on any atom is 0.256 e. The van der Waals surface area contributed by atoms with E-state index < -0.39 is 0 Å². The normalized spacial score (nSPS) is 16.5. The molecule has 2 aliphatic heterocycles. The van der Waals surface area contributed by atoms with Crippen molar-refractivity contribution in [2.24, 2.45) is 0 Å². The molecular weight excluding hydrogens is 504 g/mol. The number of rotatable bonds is 7. The number of carbonyl (C=O) groups excluding carboxylic acids is 2. The maximum absolute atomic E-state index is 13.0. The van der Waals surface area contributed by atoms with E-state index in [0.29, 0.717) is 23.4 Å². The molecule has 2 amide bonds. The molecule has 1 fully saturated rings. The third kappa shape index (κ3) is 5.11. The molecule has 6 nitrogen and oxygen atoms in total. The van der Waals surface area contributed by atoms with Gasteiger partial charge in [0.15, 0.2) is 0 Å². The Morgan fingerprint density at radius 1 is 1.14 bits per heavy atom. The van der Waals surface area contributed by atoms with E-state index in [2.05, 4.69) is 36.4 Å². The summed E-state index contributed by atoms with van der Waals surface area (Å²) in [6.45, 7) is 5.89. The molecule has 0 unspecified atom stereocenters. The van der Waals surface area contributed by atoms with Gasteiger partial charge in [0.2, 0.25) is 0 Å². The lowest BCUT2D eigenvalue weighted by Crippen LogP contribution is -2.28. The van der Waals surface area contributed by atoms with Crippen LogP contribution in [0.2, 0.25) is 0 Å². The number of hydrogen-bond acceptors (Lipinski definition) is 3. The Morgan fingerprint density at radius 2 is 1.91 bits per heavy atom. The molecule has 0 radical (unpaired) electrons. The van der Waals surface area contributed by atoms with Crippen LogP contribution in [0.4, 0.5) is 5.69 Å². The summed E-state index contributed by atoms with van der Waals surface area (Å²) in [5, 5.41) is 6.03. The van der Waals surface area contributed by atoms with E-state index in [1.54, 1.807) is 6.08 Å². The number of anilines is 1. The third-order valence-corrected chi connectivity index (χ3v) is 7.16. The summed E-state index contributed by atoms with van der Waals surface area (Å²) in [5.74, 6) is -0.295. The second kappa shape index (κ2) is 10.2. The fraction of sp³-hybridized carbons (Fsp3) is 0.286. The first-order valence-corrected chi connectivity index (χ1v) is 12.9. The zero-order chi connectivity index (χ0) is 24.4. The van der Waals surface area contributed by atoms with E-state index >= 15 is 0 Å². The van der Waals surface area contributed by atoms with Crippen LogP contribution in [-0.4, -0.2) is 47.9 Å². The van der Waals surface area contributed by atoms with Crippen LogP contribution in [0.1, 0.15) is 46.6 Å². The number of halogens is 1. The molecule has 0 aliphatic carbocycles. The van der Waals surface area contributed by atoms with Crippen LogP contribution in [0, 0.1) is 6.92 Å². The SMILES string of the molecule is Cc1cc(C(=O)NCCCN2CCCC2)c(/C=C2\C(=O)Nc3cccc(-c4ccc(Br)cc4)c32)[nH]1. The van der Waals surface area contributed by atoms with E-state index in [1.165, 1.54) is 12.8 Å². The largest absolute Gasteiger partial charge is 0.358 e. The fourth-order valence-corrected chi connectivity index (χ4v) is 5.18. The van der Waals surface area contributed by atoms with Gasteiger partial charge in [-0.1, -0.05) is 40.2 Å². The van der Waals surface area contributed by atoms with Crippen LogP contribution in [-0.2, 0) is 4.79 Å². The van der Waals surface area contributed by atoms with Crippen LogP contribution in [0.25, 0.3) is 22.8 Å². The van der Waals surface area contributed by atoms with Gasteiger partial charge in [-0.25, -0.2) is 0 Å². The molecule has 2 aliphatic rings. The minimum atomic E-state index is -0.172. The number of aromatic amines is 1. The van der Waals surface area contributed by atoms with Crippen molar-refractivity contribution in [1.29, 1.82) is 0 Å². The van der Waals surface area contributed by atoms with Gasteiger partial charge in [0.05, 0.1) is 16.8 Å². The van der Waals surface area contributed by atoms with Gasteiger partial charge in [-0.05, 0) is 87.3 Å². The Balaban J connectivity index is 1.40. The van der Waals surface area contributed by atoms with E-state index in [4.69, 9.17) is 0 Å². The molecule has 1 saturated heterocycles. The molecule has 2 aromatic carbocycles. The van der Waals surface area contributed by atoms with Gasteiger partial charge in [-0.15, -0.1) is 0 Å². The van der Waals surface area contributed by atoms with E-state index in [1.807, 2.05) is 55.5 Å². The molecule has 3 aromatic rings. The van der Waals surface area contributed by atoms with Crippen molar-refractivity contribution in [1.82, 2.24) is 15.2 Å². The van der Waals surface area contributed by atoms with Crippen molar-refractivity contribution >= 4 is 45.1 Å². The summed E-state index contributed by atoms with van der Waals surface area (Å²) in [5.41, 5.74) is 6.23. The maximum atomic E-state index is 13.0. The summed E-state index contributed by atoms with van der Waals surface area (Å²) in [7, 11) is 0. The van der Waals surface area contributed by atoms with Gasteiger partial charge in [0.25, 0.3) is 11.8 Å². The first-order chi connectivity index (χ1) is 17.0. The molecule has 3 N–H and O–H groups in total. The first kappa shape index (κ1) is 23.6. The molecule has 0 spiro atoms. The summed E-state index contributed by atoms with van der Waals surface area (Å²) in [6.07, 6.45) is 5.27. The third-order valence-electron chi connectivity index (χ3n) is 6.63. The highest BCUT2D eigenvalue weighted by molar-refractivity contribution is 9.10. The van der Waals surface area contributed by atoms with Gasteiger partial charge in [0.1, 0.15) is 0 Å². The average molecular weight is 533 g/mol. The Labute approximate surface area is 213 Å². The van der Waals surface area contributed by atoms with Crippen molar-refractivity contribution in [2.75, 3.05) is 31.5 Å². The molecule has 180 valence electrons. The van der Waals surface area contributed by atoms with Gasteiger partial charge >= 0.3 is 0 Å². The van der Waals surface area contributed by atoms with Crippen LogP contribution in [0.5, 0.6) is 0 Å². The number of H-pyrrole nitrogens is 1. The number of amides is 2. The van der Waals surface area contributed by atoms with Crippen LogP contribution < -0.4 is 10.6 Å². The number of nitrogens with zero attached hydrogens (tertiary/aromatic N) is 1. The number of hydrogen-bond donors (Lipinski definition) is 3. The molecule has 7 heteroatoms. The molecular formula is C28H29BrN4O2. The van der Waals surface area contributed by atoms with E-state index in [9.17, 15) is 9.59 Å². The van der Waals surface area contributed by atoms with Crippen LogP contribution >= 0.6 is 15.9 Å². The average Bonchev–Trinajstić information content (AvgIpc) is 3.57. The monoisotopic (exact) mass is 532 g/mol. The Kier molecular flexibility index (Phi) is 6.88. The molecule has 1 aromatic heterocycles. The van der Waals surface area contributed by atoms with E-state index in [0.717, 1.165) is 58.6 Å². The molecule has 0 saturated carbocycles. The topological polar surface area (TPSA) is 77.2 Å². The number of nitrogens with one attached hydrogen (secondary N) is 3. The Hall–Kier alpha value is -3.16. The fourth-order valence-electron chi connectivity index (χ4n) is 4.92. The summed E-state index contributed by atoms with van der Waals surface area (Å²) >= 11 is 3.49. The number of benzene rings is 2. The number of carbonyl (C=O) groups is 2. The number of aromatic nitrogens is 1. The second-order valence-electron chi connectivity index (χ2n) is 9.19. The lowest BCUT2D eigenvalue weighted by molar-refractivity contribution is -0.110. The summed E-state index contributed by atoms with van der Waals surface area (Å²) in [6, 6.07) is 15.7. The number of likely N-dealkylation sites (tertiary alicyclic amines) is 1. The van der Waals surface area contributed by atoms with Gasteiger partial charge in [-0.3, -0.25) is 9.59 Å². The van der Waals surface area contributed by atoms with E-state index in [-0.39, 0.29) is 11.8 Å². The Bertz CT molecular complexity index is 1290. The predicted octanol–water partition coefficient (Wildman–Crippen LogP) is 5.46. The minimum absolute atomic E-state index is 0.123. The standard InChI is InChI=1S/C28H29BrN4O2/c1-18-16-22(27(34)30-12-5-15-33-13-2-3-14-33)25(31-18)17-23-26-21(19-8-10-20(29)11-9-19)6-4-7-24(26)32-28(23)35/h4,6-11,16-17,31H,2-3,5,12-15H2,1H3,(H,30,34)(H,32,35)/b23-17-. The lowest BCUT2D eigenvalue weighted by atomic mass is 9.94. The summed E-state index contributed by atoms with van der Waals surface area (Å²) in [4.78, 5) is 31.7. The van der Waals surface area contributed by atoms with Crippen molar-refractivity contribution in [3.8, 4) is 11.1 Å². The minimum Gasteiger partial charge on any atom is -0.358 e. The molecule has 3 heterocycles. The predicted molar refractivity (Wildman–Crippen MR) is 144 cm³/mol. The molecule has 0 atom stereocenters. The second-order valence-corrected chi connectivity index (χ2v) is 10.1. The quantitative estimate of drug-likeness (QED) is 0.279. The van der Waals surface area contributed by atoms with Gasteiger partial charge in [0, 0.05) is 28.0 Å². The van der Waals surface area contributed by atoms with Gasteiger partial charge < -0.3 is 20.5 Å². The highest BCUT2D eigenvalue weighted by Gasteiger charge is 2.28. The zero-order valence-corrected chi connectivity index (χ0v) is 21.4. The number of fused-ring (bicyclic) bond motifs is 1. The zero-order valence-electron chi connectivity index (χ0n) is 19.8. The Morgan fingerprint density at radius 3 is 2.69 bits per heavy atom. The van der Waals surface area contributed by atoms with Crippen LogP contribution in [0.15, 0.2) is 53.0 Å². The number of aryl methyl sites for hydroxylation is 1. The van der Waals surface area contributed by atoms with Crippen molar-refractivity contribution in [2.45, 2.75) is 26.2 Å². The summed E-state index contributed by atoms with van der Waals surface area (Å²) < 4.78 is 0.997. The van der Waals surface area contributed by atoms with Crippen molar-refractivity contribution < 1.29 is 9.59 Å².